The van der Waals surface area contributed by atoms with Crippen molar-refractivity contribution in [1.29, 1.82) is 0 Å². The minimum Gasteiger partial charge on any atom is -0.489 e. The first-order valence-corrected chi connectivity index (χ1v) is 6.49. The first-order chi connectivity index (χ1) is 9.09. The molecule has 4 nitrogen and oxygen atoms in total. The van der Waals surface area contributed by atoms with Crippen LogP contribution in [0, 0.1) is 17.0 Å². The summed E-state index contributed by atoms with van der Waals surface area (Å²) in [7, 11) is 0. The van der Waals surface area contributed by atoms with Crippen molar-refractivity contribution in [3.8, 4) is 5.75 Å². The zero-order valence-corrected chi connectivity index (χ0v) is 11.9. The molecule has 5 heteroatoms. The van der Waals surface area contributed by atoms with Crippen LogP contribution in [0.5, 0.6) is 5.75 Å². The van der Waals surface area contributed by atoms with Gasteiger partial charge in [0.25, 0.3) is 5.69 Å². The summed E-state index contributed by atoms with van der Waals surface area (Å²) in [5.74, 6) is 0.779. The smallest absolute Gasteiger partial charge is 0.283 e. The van der Waals surface area contributed by atoms with E-state index >= 15 is 0 Å². The molecule has 2 aromatic rings. The van der Waals surface area contributed by atoms with Crippen molar-refractivity contribution < 1.29 is 9.66 Å². The highest BCUT2D eigenvalue weighted by Crippen LogP contribution is 2.29. The number of benzene rings is 2. The maximum atomic E-state index is 10.8. The van der Waals surface area contributed by atoms with Crippen LogP contribution >= 0.6 is 15.9 Å². The van der Waals surface area contributed by atoms with E-state index < -0.39 is 4.92 Å². The van der Waals surface area contributed by atoms with Gasteiger partial charge in [0.05, 0.1) is 4.92 Å². The quantitative estimate of drug-likeness (QED) is 0.625. The maximum absolute atomic E-state index is 10.8. The molecule has 0 aliphatic rings. The molecular weight excluding hydrogens is 310 g/mol. The maximum Gasteiger partial charge on any atom is 0.283 e. The molecule has 0 bridgehead atoms. The van der Waals surface area contributed by atoms with Crippen molar-refractivity contribution in [1.82, 2.24) is 0 Å². The number of nitro benzene ring substituents is 1. The summed E-state index contributed by atoms with van der Waals surface area (Å²) in [6, 6.07) is 12.6. The Hall–Kier alpha value is -1.88. The molecule has 0 aromatic heterocycles. The van der Waals surface area contributed by atoms with E-state index in [-0.39, 0.29) is 12.3 Å². The van der Waals surface area contributed by atoms with E-state index in [1.54, 1.807) is 12.1 Å². The molecule has 0 saturated carbocycles. The molecule has 0 aliphatic carbocycles. The molecule has 0 amide bonds. The van der Waals surface area contributed by atoms with Gasteiger partial charge in [-0.15, -0.1) is 0 Å². The number of nitrogens with zero attached hydrogens (tertiary/aromatic N) is 1. The van der Waals surface area contributed by atoms with Crippen LogP contribution in [0.3, 0.4) is 0 Å². The Balaban J connectivity index is 2.19. The lowest BCUT2D eigenvalue weighted by Gasteiger charge is -2.10. The summed E-state index contributed by atoms with van der Waals surface area (Å²) in [6.45, 7) is 2.24. The van der Waals surface area contributed by atoms with Crippen molar-refractivity contribution in [3.63, 3.8) is 0 Å². The SMILES string of the molecule is Cc1ccccc1OCc1cccc([N+](=O)[O-])c1Br. The van der Waals surface area contributed by atoms with Crippen LogP contribution in [0.15, 0.2) is 46.9 Å². The highest BCUT2D eigenvalue weighted by Gasteiger charge is 2.15. The Kier molecular flexibility index (Phi) is 4.16. The fourth-order valence-electron chi connectivity index (χ4n) is 1.69. The second-order valence-electron chi connectivity index (χ2n) is 4.06. The van der Waals surface area contributed by atoms with Crippen molar-refractivity contribution in [2.24, 2.45) is 0 Å². The fraction of sp³-hybridized carbons (Fsp3) is 0.143. The Morgan fingerprint density at radius 3 is 2.63 bits per heavy atom. The zero-order chi connectivity index (χ0) is 13.8. The van der Waals surface area contributed by atoms with E-state index in [0.717, 1.165) is 16.9 Å². The van der Waals surface area contributed by atoms with E-state index in [9.17, 15) is 10.1 Å². The molecular formula is C14H12BrNO3. The monoisotopic (exact) mass is 321 g/mol. The highest BCUT2D eigenvalue weighted by molar-refractivity contribution is 9.10. The molecule has 0 N–H and O–H groups in total. The number of rotatable bonds is 4. The van der Waals surface area contributed by atoms with Crippen LogP contribution in [-0.4, -0.2) is 4.92 Å². The first kappa shape index (κ1) is 13.5. The van der Waals surface area contributed by atoms with E-state index in [1.165, 1.54) is 6.07 Å². The number of nitro groups is 1. The average Bonchev–Trinajstić information content (AvgIpc) is 2.39. The Labute approximate surface area is 119 Å². The van der Waals surface area contributed by atoms with Gasteiger partial charge in [-0.25, -0.2) is 0 Å². The number of aryl methyl sites for hydroxylation is 1. The number of halogens is 1. The number of ether oxygens (including phenoxy) is 1. The van der Waals surface area contributed by atoms with Crippen molar-refractivity contribution >= 4 is 21.6 Å². The molecule has 2 rings (SSSR count). The highest BCUT2D eigenvalue weighted by atomic mass is 79.9. The third-order valence-electron chi connectivity index (χ3n) is 2.73. The Bertz CT molecular complexity index is 613. The van der Waals surface area contributed by atoms with Gasteiger partial charge < -0.3 is 4.74 Å². The van der Waals surface area contributed by atoms with Crippen LogP contribution in [0.4, 0.5) is 5.69 Å². The topological polar surface area (TPSA) is 52.4 Å². The second kappa shape index (κ2) is 5.84. The van der Waals surface area contributed by atoms with Crippen molar-refractivity contribution in [2.75, 3.05) is 0 Å². The van der Waals surface area contributed by atoms with Crippen LogP contribution in [0.1, 0.15) is 11.1 Å². The lowest BCUT2D eigenvalue weighted by molar-refractivity contribution is -0.385. The molecule has 0 unspecified atom stereocenters. The van der Waals surface area contributed by atoms with Gasteiger partial charge in [-0.1, -0.05) is 30.3 Å². The first-order valence-electron chi connectivity index (χ1n) is 5.70. The minimum atomic E-state index is -0.415. The molecule has 2 aromatic carbocycles. The Morgan fingerprint density at radius 1 is 1.21 bits per heavy atom. The normalized spacial score (nSPS) is 10.2. The van der Waals surface area contributed by atoms with E-state index in [0.29, 0.717) is 4.47 Å². The predicted octanol–water partition coefficient (Wildman–Crippen LogP) is 4.24. The van der Waals surface area contributed by atoms with Crippen LogP contribution in [0.25, 0.3) is 0 Å². The number of hydrogen-bond acceptors (Lipinski definition) is 3. The van der Waals surface area contributed by atoms with Gasteiger partial charge in [-0.2, -0.15) is 0 Å². The van der Waals surface area contributed by atoms with Crippen LogP contribution in [0.2, 0.25) is 0 Å². The van der Waals surface area contributed by atoms with Gasteiger partial charge in [0.2, 0.25) is 0 Å². The third-order valence-corrected chi connectivity index (χ3v) is 3.65. The molecule has 0 aliphatic heterocycles. The molecule has 19 heavy (non-hydrogen) atoms. The van der Waals surface area contributed by atoms with E-state index in [2.05, 4.69) is 15.9 Å². The molecule has 0 radical (unpaired) electrons. The number of hydrogen-bond donors (Lipinski definition) is 0. The fourth-order valence-corrected chi connectivity index (χ4v) is 2.22. The summed E-state index contributed by atoms with van der Waals surface area (Å²) >= 11 is 3.25. The Morgan fingerprint density at radius 2 is 1.95 bits per heavy atom. The average molecular weight is 322 g/mol. The zero-order valence-electron chi connectivity index (χ0n) is 10.3. The largest absolute Gasteiger partial charge is 0.489 e. The van der Waals surface area contributed by atoms with Crippen LogP contribution in [-0.2, 0) is 6.61 Å². The third kappa shape index (κ3) is 3.12. The summed E-state index contributed by atoms with van der Waals surface area (Å²) in [5.41, 5.74) is 1.83. The van der Waals surface area contributed by atoms with Crippen molar-refractivity contribution in [3.05, 3.63) is 68.2 Å². The van der Waals surface area contributed by atoms with Gasteiger partial charge in [0, 0.05) is 11.6 Å². The summed E-state index contributed by atoms with van der Waals surface area (Å²) in [5, 5.41) is 10.8. The van der Waals surface area contributed by atoms with Gasteiger partial charge in [-0.3, -0.25) is 10.1 Å². The van der Waals surface area contributed by atoms with E-state index in [4.69, 9.17) is 4.74 Å². The summed E-state index contributed by atoms with van der Waals surface area (Å²) in [4.78, 5) is 10.4. The van der Waals surface area contributed by atoms with E-state index in [1.807, 2.05) is 31.2 Å². The minimum absolute atomic E-state index is 0.0471. The second-order valence-corrected chi connectivity index (χ2v) is 4.85. The van der Waals surface area contributed by atoms with Gasteiger partial charge >= 0.3 is 0 Å². The molecule has 0 saturated heterocycles. The van der Waals surface area contributed by atoms with Gasteiger partial charge in [-0.05, 0) is 34.5 Å². The molecule has 98 valence electrons. The van der Waals surface area contributed by atoms with Crippen molar-refractivity contribution in [2.45, 2.75) is 13.5 Å². The number of para-hydroxylation sites is 1. The van der Waals surface area contributed by atoms with Gasteiger partial charge in [0.15, 0.2) is 0 Å². The lowest BCUT2D eigenvalue weighted by Crippen LogP contribution is -2.00. The molecule has 0 heterocycles. The molecule has 0 atom stereocenters. The standard InChI is InChI=1S/C14H12BrNO3/c1-10-5-2-3-8-13(10)19-9-11-6-4-7-12(14(11)15)16(17)18/h2-8H,9H2,1H3. The molecule has 0 spiro atoms. The van der Waals surface area contributed by atoms with Crippen LogP contribution < -0.4 is 4.74 Å². The summed E-state index contributed by atoms with van der Waals surface area (Å²) < 4.78 is 6.15. The predicted molar refractivity (Wildman–Crippen MR) is 76.3 cm³/mol. The summed E-state index contributed by atoms with van der Waals surface area (Å²) in [6.07, 6.45) is 0. The molecule has 0 fully saturated rings. The lowest BCUT2D eigenvalue weighted by atomic mass is 10.2. The van der Waals surface area contributed by atoms with Gasteiger partial charge in [0.1, 0.15) is 16.8 Å².